The number of β-amino-alcohol motifs (C(OH)–C–C–N with tert-alkyl or cyclic N) is 1. The van der Waals surface area contributed by atoms with Gasteiger partial charge in [0.25, 0.3) is 5.88 Å². The van der Waals surface area contributed by atoms with Gasteiger partial charge in [0, 0.05) is 75.0 Å². The Balaban J connectivity index is 0.806. The molecule has 4 aliphatic heterocycles. The number of aryl methyl sites for hydroxylation is 1. The summed E-state index contributed by atoms with van der Waals surface area (Å²) >= 11 is 1.59. The van der Waals surface area contributed by atoms with E-state index in [-0.39, 0.29) is 48.8 Å². The number of amides is 2. The summed E-state index contributed by atoms with van der Waals surface area (Å²) in [5, 5.41) is 31.9. The third-order valence-corrected chi connectivity index (χ3v) is 14.8. The number of nitrogens with zero attached hydrogens (tertiary/aromatic N) is 6. The predicted octanol–water partition coefficient (Wildman–Crippen LogP) is 4.64. The van der Waals surface area contributed by atoms with E-state index in [0.717, 1.165) is 85.9 Å². The average Bonchev–Trinajstić information content (AvgIpc) is 4.05. The summed E-state index contributed by atoms with van der Waals surface area (Å²) < 4.78 is 11.8. The minimum Gasteiger partial charge on any atom is -0.512 e. The van der Waals surface area contributed by atoms with E-state index in [1.165, 1.54) is 4.90 Å². The van der Waals surface area contributed by atoms with Gasteiger partial charge in [-0.1, -0.05) is 50.3 Å². The zero-order chi connectivity index (χ0) is 45.9. The summed E-state index contributed by atoms with van der Waals surface area (Å²) in [4.78, 5) is 42.3. The van der Waals surface area contributed by atoms with Gasteiger partial charge in [-0.2, -0.15) is 0 Å². The molecule has 6 heterocycles. The number of carbonyl (C=O) groups is 2. The second kappa shape index (κ2) is 20.0. The van der Waals surface area contributed by atoms with Gasteiger partial charge < -0.3 is 51.4 Å². The fraction of sp³-hybridized carbons (Fsp3) is 0.542. The van der Waals surface area contributed by atoms with Crippen LogP contribution in [0, 0.1) is 12.8 Å². The molecule has 8 N–H and O–H groups in total. The number of ether oxygens (including phenoxy) is 1. The second-order valence-electron chi connectivity index (χ2n) is 18.6. The van der Waals surface area contributed by atoms with Crippen molar-refractivity contribution >= 4 is 23.2 Å². The summed E-state index contributed by atoms with van der Waals surface area (Å²) in [6.45, 7) is 15.8. The van der Waals surface area contributed by atoms with Crippen molar-refractivity contribution < 1.29 is 29.1 Å². The van der Waals surface area contributed by atoms with E-state index in [9.17, 15) is 19.8 Å². The van der Waals surface area contributed by atoms with Crippen LogP contribution in [0.15, 0.2) is 87.1 Å². The summed E-state index contributed by atoms with van der Waals surface area (Å²) in [6, 6.07) is 9.48. The van der Waals surface area contributed by atoms with Gasteiger partial charge in [-0.05, 0) is 81.4 Å². The molecule has 0 saturated carbocycles. The van der Waals surface area contributed by atoms with E-state index < -0.39 is 18.1 Å². The number of piperazine rings is 1. The molecule has 3 saturated heterocycles. The zero-order valence-corrected chi connectivity index (χ0v) is 39.1. The standard InChI is InChI=1S/C48H66N10O6S/c1-28(2)44(48(62)58-25-35(59)22-39(58)47(61)53-29(3)32-10-12-33(13-11-32)45-31(5)51-27-65-45)42-24-43(54-64-42)63-21-20-55-16-14-34(15-17-55)56-18-19-57-38(46(50)52-30(4)40(57)26-56)23-37(49)36-8-6-7-9-41(36)60/h6,8,10-13,23-24,27-30,34-35,39-40,44,52,59-60H,7,9,14-22,25-26,49-50H2,1-5H3,(H,53,61)/b37-23-. The first-order valence-electron chi connectivity index (χ1n) is 23.2. The monoisotopic (exact) mass is 910 g/mol. The second-order valence-corrected chi connectivity index (χ2v) is 19.5. The molecule has 65 heavy (non-hydrogen) atoms. The molecule has 1 aromatic carbocycles. The summed E-state index contributed by atoms with van der Waals surface area (Å²) in [7, 11) is 0. The van der Waals surface area contributed by atoms with Crippen LogP contribution < -0.4 is 26.8 Å². The molecule has 0 spiro atoms. The third-order valence-electron chi connectivity index (χ3n) is 13.9. The van der Waals surface area contributed by atoms with E-state index in [1.807, 2.05) is 75.7 Å². The van der Waals surface area contributed by atoms with Crippen LogP contribution in [0.2, 0.25) is 0 Å². The lowest BCUT2D eigenvalue weighted by molar-refractivity contribution is -0.141. The summed E-state index contributed by atoms with van der Waals surface area (Å²) in [5.41, 5.74) is 19.9. The van der Waals surface area contributed by atoms with Crippen LogP contribution >= 0.6 is 11.3 Å². The van der Waals surface area contributed by atoms with Crippen LogP contribution in [0.5, 0.6) is 5.88 Å². The minimum atomic E-state index is -0.823. The molecule has 3 aromatic rings. The molecule has 5 aliphatic rings. The van der Waals surface area contributed by atoms with Crippen molar-refractivity contribution in [2.24, 2.45) is 17.4 Å². The highest BCUT2D eigenvalue weighted by Crippen LogP contribution is 2.34. The van der Waals surface area contributed by atoms with E-state index in [0.29, 0.717) is 53.6 Å². The van der Waals surface area contributed by atoms with Gasteiger partial charge in [0.1, 0.15) is 30.1 Å². The van der Waals surface area contributed by atoms with Crippen molar-refractivity contribution in [3.63, 3.8) is 0 Å². The van der Waals surface area contributed by atoms with Crippen LogP contribution in [0.3, 0.4) is 0 Å². The number of rotatable bonds is 14. The fourth-order valence-corrected chi connectivity index (χ4v) is 11.0. The largest absolute Gasteiger partial charge is 0.512 e. The molecule has 0 bridgehead atoms. The third kappa shape index (κ3) is 10.2. The first-order chi connectivity index (χ1) is 31.2. The lowest BCUT2D eigenvalue weighted by Gasteiger charge is -2.51. The van der Waals surface area contributed by atoms with Crippen molar-refractivity contribution in [2.45, 2.75) is 109 Å². The molecule has 8 rings (SSSR count). The number of allylic oxidation sites excluding steroid dienone is 4. The number of carbonyl (C=O) groups excluding carboxylic acids is 2. The Bertz CT molecular complexity index is 2290. The van der Waals surface area contributed by atoms with Crippen LogP contribution in [0.25, 0.3) is 10.4 Å². The molecule has 0 radical (unpaired) electrons. The van der Waals surface area contributed by atoms with Crippen molar-refractivity contribution in [3.05, 3.63) is 99.6 Å². The number of likely N-dealkylation sites (tertiary alicyclic amines) is 2. The van der Waals surface area contributed by atoms with Gasteiger partial charge in [-0.3, -0.25) is 19.4 Å². The van der Waals surface area contributed by atoms with Crippen molar-refractivity contribution in [2.75, 3.05) is 52.4 Å². The highest BCUT2D eigenvalue weighted by molar-refractivity contribution is 7.13. The molecule has 350 valence electrons. The maximum atomic E-state index is 14.2. The van der Waals surface area contributed by atoms with Crippen molar-refractivity contribution in [1.82, 2.24) is 40.4 Å². The Morgan fingerprint density at radius 3 is 2.60 bits per heavy atom. The van der Waals surface area contributed by atoms with Gasteiger partial charge in [0.15, 0.2) is 5.76 Å². The zero-order valence-electron chi connectivity index (χ0n) is 38.3. The number of aliphatic hydroxyl groups excluding tert-OH is 2. The smallest absolute Gasteiger partial charge is 0.254 e. The number of piperidine rings is 1. The van der Waals surface area contributed by atoms with Crippen molar-refractivity contribution in [3.8, 4) is 16.3 Å². The SMILES string of the molecule is Cc1ncsc1-c1ccc(C(C)NC(=O)C2CC(O)CN2C(=O)C(c2cc(OCCN3CCC(N4CCN5C(/C=C(\N)C6=C(O)CCC=C6)=C(N)NC(C)C5C4)CC3)no2)C(C)C)cc1. The molecule has 3 fully saturated rings. The summed E-state index contributed by atoms with van der Waals surface area (Å²) in [5.74, 6) is 0.137. The van der Waals surface area contributed by atoms with Gasteiger partial charge in [0.2, 0.25) is 11.8 Å². The maximum absolute atomic E-state index is 14.2. The molecule has 1 aliphatic carbocycles. The van der Waals surface area contributed by atoms with E-state index in [2.05, 4.69) is 42.4 Å². The normalized spacial score (nSPS) is 24.6. The average molecular weight is 911 g/mol. The van der Waals surface area contributed by atoms with Gasteiger partial charge in [-0.15, -0.1) is 11.3 Å². The lowest BCUT2D eigenvalue weighted by atomic mass is 9.91. The number of fused-ring (bicyclic) bond motifs is 1. The number of aliphatic hydroxyl groups is 2. The first kappa shape index (κ1) is 46.2. The fourth-order valence-electron chi connectivity index (χ4n) is 10.2. The number of thiazole rings is 1. The Labute approximate surface area is 386 Å². The van der Waals surface area contributed by atoms with E-state index in [4.69, 9.17) is 20.7 Å². The molecule has 2 aromatic heterocycles. The number of aromatic nitrogens is 2. The Morgan fingerprint density at radius 2 is 1.89 bits per heavy atom. The number of nitrogens with one attached hydrogen (secondary N) is 2. The lowest BCUT2D eigenvalue weighted by Crippen LogP contribution is -2.64. The first-order valence-corrected chi connectivity index (χ1v) is 24.1. The number of hydrogen-bond donors (Lipinski definition) is 6. The van der Waals surface area contributed by atoms with Gasteiger partial charge in [-0.25, -0.2) is 4.98 Å². The van der Waals surface area contributed by atoms with E-state index in [1.54, 1.807) is 17.4 Å². The number of hydrogen-bond acceptors (Lipinski definition) is 15. The van der Waals surface area contributed by atoms with Crippen LogP contribution in [-0.2, 0) is 9.59 Å². The van der Waals surface area contributed by atoms with Crippen LogP contribution in [0.1, 0.15) is 88.8 Å². The van der Waals surface area contributed by atoms with E-state index >= 15 is 0 Å². The maximum Gasteiger partial charge on any atom is 0.254 e. The highest BCUT2D eigenvalue weighted by atomic mass is 32.1. The topological polar surface area (TPSA) is 212 Å². The highest BCUT2D eigenvalue weighted by Gasteiger charge is 2.44. The van der Waals surface area contributed by atoms with Gasteiger partial charge in [0.05, 0.1) is 40.0 Å². The Hall–Kier alpha value is -5.36. The molecule has 16 nitrogen and oxygen atoms in total. The predicted molar refractivity (Wildman–Crippen MR) is 250 cm³/mol. The quantitative estimate of drug-likeness (QED) is 0.130. The molecule has 6 unspecified atom stereocenters. The Morgan fingerprint density at radius 1 is 1.12 bits per heavy atom. The summed E-state index contributed by atoms with van der Waals surface area (Å²) in [6.07, 6.45) is 8.68. The number of nitrogens with two attached hydrogens (primary N) is 2. The van der Waals surface area contributed by atoms with Crippen molar-refractivity contribution in [1.29, 1.82) is 0 Å². The molecule has 6 atom stereocenters. The molecule has 2 amide bonds. The Kier molecular flexibility index (Phi) is 14.2. The van der Waals surface area contributed by atoms with Crippen LogP contribution in [0.4, 0.5) is 0 Å². The number of benzene rings is 1. The molecule has 17 heteroatoms. The minimum absolute atomic E-state index is 0.0584. The molecular weight excluding hydrogens is 845 g/mol. The van der Waals surface area contributed by atoms with Gasteiger partial charge >= 0.3 is 0 Å². The molecular formula is C48H66N10O6S. The van der Waals surface area contributed by atoms with Crippen LogP contribution in [-0.4, -0.2) is 134 Å².